The van der Waals surface area contributed by atoms with Crippen LogP contribution in [-0.4, -0.2) is 11.5 Å². The zero-order chi connectivity index (χ0) is 11.1. The number of nitrogens with one attached hydrogen (secondary N) is 1. The molecule has 1 N–H and O–H groups in total. The number of pyridine rings is 1. The third kappa shape index (κ3) is 3.59. The van der Waals surface area contributed by atoms with Gasteiger partial charge >= 0.3 is 0 Å². The van der Waals surface area contributed by atoms with E-state index in [0.717, 1.165) is 11.3 Å². The smallest absolute Gasteiger partial charge is 0.248 e. The lowest BCUT2D eigenvalue weighted by Gasteiger charge is -1.94. The Kier molecular flexibility index (Phi) is 4.02. The second-order valence-electron chi connectivity index (χ2n) is 2.87. The van der Waals surface area contributed by atoms with Gasteiger partial charge in [-0.15, -0.1) is 0 Å². The number of nitrogens with zero attached hydrogens (tertiary/aromatic N) is 3. The van der Waals surface area contributed by atoms with Crippen LogP contribution in [0.1, 0.15) is 17.7 Å². The summed E-state index contributed by atoms with van der Waals surface area (Å²) in [4.78, 5) is 16.2. The summed E-state index contributed by atoms with van der Waals surface area (Å²) in [5.41, 5.74) is 9.43. The van der Waals surface area contributed by atoms with Gasteiger partial charge in [0, 0.05) is 35.2 Å². The predicted octanol–water partition coefficient (Wildman–Crippen LogP) is 1.74. The van der Waals surface area contributed by atoms with Crippen molar-refractivity contribution in [3.8, 4) is 11.8 Å². The molecule has 0 saturated heterocycles. The summed E-state index contributed by atoms with van der Waals surface area (Å²) in [6.07, 6.45) is 0.516. The number of hydrogen-bond acceptors (Lipinski definition) is 2. The van der Waals surface area contributed by atoms with Crippen LogP contribution < -0.4 is 5.56 Å². The molecule has 15 heavy (non-hydrogen) atoms. The average molecular weight is 202 g/mol. The number of hydrogen-bond donors (Lipinski definition) is 1. The van der Waals surface area contributed by atoms with Gasteiger partial charge in [0.05, 0.1) is 0 Å². The third-order valence-electron chi connectivity index (χ3n) is 1.74. The van der Waals surface area contributed by atoms with Crippen LogP contribution in [0.4, 0.5) is 0 Å². The van der Waals surface area contributed by atoms with Crippen molar-refractivity contribution in [3.05, 3.63) is 44.2 Å². The lowest BCUT2D eigenvalue weighted by atomic mass is 10.2. The molecule has 0 aliphatic carbocycles. The van der Waals surface area contributed by atoms with Crippen molar-refractivity contribution in [3.63, 3.8) is 0 Å². The van der Waals surface area contributed by atoms with Gasteiger partial charge in [-0.3, -0.25) is 4.79 Å². The van der Waals surface area contributed by atoms with Gasteiger partial charge in [0.2, 0.25) is 5.56 Å². The fourth-order valence-electron chi connectivity index (χ4n) is 1.02. The van der Waals surface area contributed by atoms with Crippen molar-refractivity contribution in [2.75, 3.05) is 6.54 Å². The van der Waals surface area contributed by atoms with Crippen molar-refractivity contribution in [1.29, 1.82) is 0 Å². The second-order valence-corrected chi connectivity index (χ2v) is 2.87. The van der Waals surface area contributed by atoms with E-state index in [0.29, 0.717) is 13.0 Å². The van der Waals surface area contributed by atoms with E-state index in [-0.39, 0.29) is 5.56 Å². The van der Waals surface area contributed by atoms with E-state index in [2.05, 4.69) is 26.9 Å². The molecule has 5 nitrogen and oxygen atoms in total. The molecular formula is C10H10N4O. The molecule has 76 valence electrons. The van der Waals surface area contributed by atoms with E-state index in [9.17, 15) is 4.79 Å². The van der Waals surface area contributed by atoms with Crippen LogP contribution in [0, 0.1) is 18.8 Å². The number of H-pyrrole nitrogens is 1. The minimum atomic E-state index is -0.132. The maximum absolute atomic E-state index is 10.9. The molecule has 0 radical (unpaired) electrons. The zero-order valence-electron chi connectivity index (χ0n) is 8.32. The van der Waals surface area contributed by atoms with E-state index in [1.807, 2.05) is 0 Å². The fraction of sp³-hybridized carbons (Fsp3) is 0.300. The first-order chi connectivity index (χ1) is 7.24. The highest BCUT2D eigenvalue weighted by Gasteiger charge is 1.93. The first kappa shape index (κ1) is 10.9. The third-order valence-corrected chi connectivity index (χ3v) is 1.74. The summed E-state index contributed by atoms with van der Waals surface area (Å²) in [6, 6.07) is 3.11. The Hall–Kier alpha value is -2.18. The predicted molar refractivity (Wildman–Crippen MR) is 57.3 cm³/mol. The van der Waals surface area contributed by atoms with Crippen molar-refractivity contribution in [2.24, 2.45) is 5.11 Å². The van der Waals surface area contributed by atoms with Crippen molar-refractivity contribution in [2.45, 2.75) is 13.3 Å². The van der Waals surface area contributed by atoms with Gasteiger partial charge in [0.15, 0.2) is 0 Å². The van der Waals surface area contributed by atoms with Gasteiger partial charge in [0.25, 0.3) is 0 Å². The van der Waals surface area contributed by atoms with Gasteiger partial charge in [-0.2, -0.15) is 0 Å². The minimum Gasteiger partial charge on any atom is -0.325 e. The maximum Gasteiger partial charge on any atom is 0.248 e. The number of aryl methyl sites for hydroxylation is 1. The molecule has 1 heterocycles. The number of aromatic nitrogens is 1. The van der Waals surface area contributed by atoms with Crippen molar-refractivity contribution in [1.82, 2.24) is 4.98 Å². The summed E-state index contributed by atoms with van der Waals surface area (Å²) in [7, 11) is 0. The molecule has 0 bridgehead atoms. The molecule has 0 unspecified atom stereocenters. The monoisotopic (exact) mass is 202 g/mol. The highest BCUT2D eigenvalue weighted by molar-refractivity contribution is 5.36. The Bertz CT molecular complexity index is 500. The molecule has 0 aliphatic rings. The maximum atomic E-state index is 10.9. The van der Waals surface area contributed by atoms with Crippen LogP contribution in [0.15, 0.2) is 22.0 Å². The molecule has 5 heteroatoms. The molecule has 0 aliphatic heterocycles. The molecule has 0 saturated carbocycles. The Morgan fingerprint density at radius 2 is 2.40 bits per heavy atom. The molecule has 0 fully saturated rings. The van der Waals surface area contributed by atoms with Crippen LogP contribution in [-0.2, 0) is 0 Å². The number of rotatable bonds is 2. The van der Waals surface area contributed by atoms with Gasteiger partial charge in [0.1, 0.15) is 0 Å². The van der Waals surface area contributed by atoms with E-state index in [1.54, 1.807) is 13.0 Å². The number of aromatic amines is 1. The van der Waals surface area contributed by atoms with Gasteiger partial charge in [-0.25, -0.2) is 0 Å². The molecule has 0 amide bonds. The first-order valence-electron chi connectivity index (χ1n) is 4.43. The zero-order valence-corrected chi connectivity index (χ0v) is 8.32. The molecular weight excluding hydrogens is 192 g/mol. The normalized spacial score (nSPS) is 8.60. The highest BCUT2D eigenvalue weighted by Crippen LogP contribution is 1.98. The van der Waals surface area contributed by atoms with Crippen molar-refractivity contribution < 1.29 is 0 Å². The summed E-state index contributed by atoms with van der Waals surface area (Å²) in [5.74, 6) is 5.76. The number of azide groups is 1. The standard InChI is InChI=1S/C10H10N4O/c1-8-9(5-6-10(15)13-8)4-2-3-7-12-14-11/h5-6H,3,7H2,1H3,(H,13,15). The lowest BCUT2D eigenvalue weighted by molar-refractivity contribution is 1.01. The van der Waals surface area contributed by atoms with Crippen LogP contribution in [0.25, 0.3) is 10.4 Å². The highest BCUT2D eigenvalue weighted by atomic mass is 16.1. The summed E-state index contributed by atoms with van der Waals surface area (Å²) in [5, 5.41) is 3.36. The van der Waals surface area contributed by atoms with Crippen LogP contribution in [0.5, 0.6) is 0 Å². The minimum absolute atomic E-state index is 0.132. The van der Waals surface area contributed by atoms with E-state index in [1.165, 1.54) is 6.07 Å². The fourth-order valence-corrected chi connectivity index (χ4v) is 1.02. The van der Waals surface area contributed by atoms with Gasteiger partial charge < -0.3 is 4.98 Å². The van der Waals surface area contributed by atoms with Gasteiger partial charge in [-0.1, -0.05) is 17.0 Å². The average Bonchev–Trinajstić information content (AvgIpc) is 2.20. The van der Waals surface area contributed by atoms with Gasteiger partial charge in [-0.05, 0) is 18.5 Å². The Morgan fingerprint density at radius 1 is 1.60 bits per heavy atom. The lowest BCUT2D eigenvalue weighted by Crippen LogP contribution is -2.05. The molecule has 1 aromatic rings. The largest absolute Gasteiger partial charge is 0.325 e. The molecule has 1 rings (SSSR count). The summed E-state index contributed by atoms with van der Waals surface area (Å²) >= 11 is 0. The Balaban J connectivity index is 2.71. The molecule has 0 aromatic carbocycles. The second kappa shape index (κ2) is 5.53. The van der Waals surface area contributed by atoms with Crippen LogP contribution in [0.2, 0.25) is 0 Å². The quantitative estimate of drug-likeness (QED) is 0.256. The van der Waals surface area contributed by atoms with E-state index >= 15 is 0 Å². The Morgan fingerprint density at radius 3 is 3.07 bits per heavy atom. The van der Waals surface area contributed by atoms with E-state index < -0.39 is 0 Å². The Labute approximate surface area is 86.8 Å². The molecule has 1 aromatic heterocycles. The van der Waals surface area contributed by atoms with Crippen LogP contribution in [0.3, 0.4) is 0 Å². The SMILES string of the molecule is Cc1[nH]c(=O)ccc1C#CCCN=[N+]=[N-]. The molecule has 0 spiro atoms. The molecule has 0 atom stereocenters. The van der Waals surface area contributed by atoms with Crippen LogP contribution >= 0.6 is 0 Å². The summed E-state index contributed by atoms with van der Waals surface area (Å²) < 4.78 is 0. The topological polar surface area (TPSA) is 81.6 Å². The first-order valence-corrected chi connectivity index (χ1v) is 4.43. The van der Waals surface area contributed by atoms with Crippen molar-refractivity contribution >= 4 is 0 Å². The summed E-state index contributed by atoms with van der Waals surface area (Å²) in [6.45, 7) is 2.16. The van der Waals surface area contributed by atoms with E-state index in [4.69, 9.17) is 5.53 Å².